The Morgan fingerprint density at radius 2 is 2.08 bits per heavy atom. The molecule has 1 rings (SSSR count). The van der Waals surface area contributed by atoms with Crippen LogP contribution in [0.3, 0.4) is 0 Å². The maximum absolute atomic E-state index is 9.21. The zero-order valence-electron chi connectivity index (χ0n) is 6.47. The molecule has 12 heavy (non-hydrogen) atoms. The Labute approximate surface area is 80.7 Å². The van der Waals surface area contributed by atoms with E-state index in [9.17, 15) is 5.11 Å². The summed E-state index contributed by atoms with van der Waals surface area (Å²) >= 11 is 11.4. The first-order chi connectivity index (χ1) is 5.65. The van der Waals surface area contributed by atoms with Crippen LogP contribution < -0.4 is 4.74 Å². The van der Waals surface area contributed by atoms with Crippen LogP contribution in [-0.2, 0) is 0 Å². The van der Waals surface area contributed by atoms with Crippen LogP contribution >= 0.6 is 23.2 Å². The second kappa shape index (κ2) is 3.87. The van der Waals surface area contributed by atoms with E-state index in [1.165, 1.54) is 6.07 Å². The molecule has 0 heterocycles. The standard InChI is InChI=1S/C8H8Cl2O2/c1-2-12-7-4-5(9)3-6(11)8(7)10/h3-4,11H,2H2,1H3. The highest BCUT2D eigenvalue weighted by atomic mass is 35.5. The average molecular weight is 207 g/mol. The number of aromatic hydroxyl groups is 1. The Morgan fingerprint density at radius 1 is 1.42 bits per heavy atom. The van der Waals surface area contributed by atoms with Crippen molar-refractivity contribution in [2.75, 3.05) is 6.61 Å². The van der Waals surface area contributed by atoms with Crippen molar-refractivity contribution in [3.63, 3.8) is 0 Å². The Morgan fingerprint density at radius 3 is 2.67 bits per heavy atom. The van der Waals surface area contributed by atoms with Gasteiger partial charge in [0, 0.05) is 17.2 Å². The molecule has 0 unspecified atom stereocenters. The van der Waals surface area contributed by atoms with E-state index in [0.29, 0.717) is 17.4 Å². The van der Waals surface area contributed by atoms with Crippen molar-refractivity contribution >= 4 is 23.2 Å². The van der Waals surface area contributed by atoms with Crippen molar-refractivity contribution in [2.45, 2.75) is 6.92 Å². The van der Waals surface area contributed by atoms with E-state index in [1.807, 2.05) is 6.92 Å². The van der Waals surface area contributed by atoms with E-state index in [4.69, 9.17) is 27.9 Å². The fourth-order valence-corrected chi connectivity index (χ4v) is 1.18. The lowest BCUT2D eigenvalue weighted by Crippen LogP contribution is -1.92. The molecule has 0 aromatic heterocycles. The van der Waals surface area contributed by atoms with Gasteiger partial charge >= 0.3 is 0 Å². The highest BCUT2D eigenvalue weighted by Crippen LogP contribution is 2.36. The number of phenols is 1. The molecule has 1 N–H and O–H groups in total. The summed E-state index contributed by atoms with van der Waals surface area (Å²) in [6, 6.07) is 2.93. The van der Waals surface area contributed by atoms with Gasteiger partial charge in [0.15, 0.2) is 0 Å². The van der Waals surface area contributed by atoms with Crippen molar-refractivity contribution in [3.8, 4) is 11.5 Å². The number of rotatable bonds is 2. The van der Waals surface area contributed by atoms with Gasteiger partial charge in [0.05, 0.1) is 6.61 Å². The lowest BCUT2D eigenvalue weighted by Gasteiger charge is -2.06. The minimum absolute atomic E-state index is 0.0624. The fraction of sp³-hybridized carbons (Fsp3) is 0.250. The summed E-state index contributed by atoms with van der Waals surface area (Å²) in [5, 5.41) is 9.81. The highest BCUT2D eigenvalue weighted by molar-refractivity contribution is 6.35. The van der Waals surface area contributed by atoms with Crippen LogP contribution in [0.5, 0.6) is 11.5 Å². The monoisotopic (exact) mass is 206 g/mol. The van der Waals surface area contributed by atoms with Crippen LogP contribution in [0.2, 0.25) is 10.0 Å². The van der Waals surface area contributed by atoms with Crippen molar-refractivity contribution < 1.29 is 9.84 Å². The summed E-state index contributed by atoms with van der Waals surface area (Å²) in [6.45, 7) is 2.31. The molecule has 0 aliphatic rings. The number of halogens is 2. The first-order valence-corrected chi connectivity index (χ1v) is 4.21. The maximum atomic E-state index is 9.21. The van der Waals surface area contributed by atoms with Gasteiger partial charge < -0.3 is 9.84 Å². The highest BCUT2D eigenvalue weighted by Gasteiger charge is 2.07. The first-order valence-electron chi connectivity index (χ1n) is 3.46. The largest absolute Gasteiger partial charge is 0.506 e. The molecule has 0 saturated heterocycles. The molecule has 1 aromatic rings. The van der Waals surface area contributed by atoms with E-state index < -0.39 is 0 Å². The number of hydrogen-bond acceptors (Lipinski definition) is 2. The van der Waals surface area contributed by atoms with Crippen molar-refractivity contribution in [3.05, 3.63) is 22.2 Å². The molecule has 0 aliphatic heterocycles. The number of hydrogen-bond donors (Lipinski definition) is 1. The minimum atomic E-state index is -0.0624. The summed E-state index contributed by atoms with van der Waals surface area (Å²) in [7, 11) is 0. The molecule has 0 radical (unpaired) electrons. The van der Waals surface area contributed by atoms with Crippen molar-refractivity contribution in [1.82, 2.24) is 0 Å². The van der Waals surface area contributed by atoms with Crippen molar-refractivity contribution in [1.29, 1.82) is 0 Å². The summed E-state index contributed by atoms with van der Waals surface area (Å²) in [4.78, 5) is 0. The van der Waals surface area contributed by atoms with Gasteiger partial charge in [0.25, 0.3) is 0 Å². The van der Waals surface area contributed by atoms with Gasteiger partial charge in [0.1, 0.15) is 16.5 Å². The summed E-state index contributed by atoms with van der Waals surface area (Å²) in [5.41, 5.74) is 0. The summed E-state index contributed by atoms with van der Waals surface area (Å²) in [5.74, 6) is 0.344. The molecule has 1 aromatic carbocycles. The van der Waals surface area contributed by atoms with Crippen LogP contribution in [0.4, 0.5) is 0 Å². The fourth-order valence-electron chi connectivity index (χ4n) is 0.811. The molecule has 0 amide bonds. The van der Waals surface area contributed by atoms with Crippen LogP contribution in [0.1, 0.15) is 6.92 Å². The maximum Gasteiger partial charge on any atom is 0.143 e. The molecule has 0 aliphatic carbocycles. The molecule has 0 fully saturated rings. The molecule has 4 heteroatoms. The average Bonchev–Trinajstić information content (AvgIpc) is 2.00. The van der Waals surface area contributed by atoms with Gasteiger partial charge in [-0.05, 0) is 6.92 Å². The first kappa shape index (κ1) is 9.49. The predicted octanol–water partition coefficient (Wildman–Crippen LogP) is 3.10. The zero-order chi connectivity index (χ0) is 9.14. The Kier molecular flexibility index (Phi) is 3.06. The normalized spacial score (nSPS) is 9.92. The zero-order valence-corrected chi connectivity index (χ0v) is 7.99. The third-order valence-corrected chi connectivity index (χ3v) is 1.88. The summed E-state index contributed by atoms with van der Waals surface area (Å²) in [6.07, 6.45) is 0. The summed E-state index contributed by atoms with van der Waals surface area (Å²) < 4.78 is 5.12. The van der Waals surface area contributed by atoms with Crippen LogP contribution in [-0.4, -0.2) is 11.7 Å². The number of phenolic OH excluding ortho intramolecular Hbond substituents is 1. The van der Waals surface area contributed by atoms with E-state index in [2.05, 4.69) is 0 Å². The van der Waals surface area contributed by atoms with E-state index in [-0.39, 0.29) is 10.8 Å². The van der Waals surface area contributed by atoms with Gasteiger partial charge in [-0.1, -0.05) is 23.2 Å². The molecular formula is C8H8Cl2O2. The SMILES string of the molecule is CCOc1cc(Cl)cc(O)c1Cl. The Balaban J connectivity index is 3.09. The van der Waals surface area contributed by atoms with Crippen molar-refractivity contribution in [2.24, 2.45) is 0 Å². The molecule has 0 atom stereocenters. The quantitative estimate of drug-likeness (QED) is 0.807. The van der Waals surface area contributed by atoms with Gasteiger partial charge in [0.2, 0.25) is 0 Å². The second-order valence-electron chi connectivity index (χ2n) is 2.17. The predicted molar refractivity (Wildman–Crippen MR) is 49.3 cm³/mol. The lowest BCUT2D eigenvalue weighted by molar-refractivity contribution is 0.338. The number of benzene rings is 1. The molecule has 0 saturated carbocycles. The van der Waals surface area contributed by atoms with Crippen LogP contribution in [0.25, 0.3) is 0 Å². The minimum Gasteiger partial charge on any atom is -0.506 e. The van der Waals surface area contributed by atoms with E-state index in [1.54, 1.807) is 6.07 Å². The lowest BCUT2D eigenvalue weighted by atomic mass is 10.3. The van der Waals surface area contributed by atoms with Crippen LogP contribution in [0, 0.1) is 0 Å². The topological polar surface area (TPSA) is 29.5 Å². The van der Waals surface area contributed by atoms with E-state index >= 15 is 0 Å². The van der Waals surface area contributed by atoms with Gasteiger partial charge in [-0.3, -0.25) is 0 Å². The Bertz CT molecular complexity index is 287. The third-order valence-electron chi connectivity index (χ3n) is 1.28. The molecule has 0 bridgehead atoms. The number of ether oxygens (including phenoxy) is 1. The van der Waals surface area contributed by atoms with Gasteiger partial charge in [-0.15, -0.1) is 0 Å². The van der Waals surface area contributed by atoms with Crippen LogP contribution in [0.15, 0.2) is 12.1 Å². The third kappa shape index (κ3) is 1.96. The smallest absolute Gasteiger partial charge is 0.143 e. The Hall–Kier alpha value is -0.600. The molecule has 66 valence electrons. The molecule has 2 nitrogen and oxygen atoms in total. The molecular weight excluding hydrogens is 199 g/mol. The van der Waals surface area contributed by atoms with Gasteiger partial charge in [-0.25, -0.2) is 0 Å². The second-order valence-corrected chi connectivity index (χ2v) is 2.98. The molecule has 0 spiro atoms. The van der Waals surface area contributed by atoms with Gasteiger partial charge in [-0.2, -0.15) is 0 Å². The van der Waals surface area contributed by atoms with E-state index in [0.717, 1.165) is 0 Å².